The summed E-state index contributed by atoms with van der Waals surface area (Å²) in [5.74, 6) is -0.0392. The monoisotopic (exact) mass is 301 g/mol. The molecule has 0 aliphatic heterocycles. The lowest BCUT2D eigenvalue weighted by molar-refractivity contribution is -0.121. The molecule has 0 aliphatic carbocycles. The molecule has 0 radical (unpaired) electrons. The highest BCUT2D eigenvalue weighted by atomic mass is 16.3. The zero-order valence-corrected chi connectivity index (χ0v) is 12.9. The van der Waals surface area contributed by atoms with E-state index in [9.17, 15) is 9.90 Å². The zero-order valence-electron chi connectivity index (χ0n) is 12.9. The fraction of sp³-hybridized carbons (Fsp3) is 0.412. The summed E-state index contributed by atoms with van der Waals surface area (Å²) in [4.78, 5) is 11.8. The first-order valence-corrected chi connectivity index (χ1v) is 7.72. The maximum atomic E-state index is 11.8. The van der Waals surface area contributed by atoms with E-state index in [1.165, 1.54) is 0 Å². The van der Waals surface area contributed by atoms with Crippen LogP contribution in [0.25, 0.3) is 5.69 Å². The lowest BCUT2D eigenvalue weighted by Gasteiger charge is -2.10. The molecule has 118 valence electrons. The Morgan fingerprint density at radius 3 is 2.86 bits per heavy atom. The van der Waals surface area contributed by atoms with E-state index in [0.717, 1.165) is 17.7 Å². The number of carbonyl (C=O) groups excluding carboxylic acids is 1. The van der Waals surface area contributed by atoms with Crippen molar-refractivity contribution in [3.63, 3.8) is 0 Å². The fourth-order valence-corrected chi connectivity index (χ4v) is 2.22. The number of hydrogen-bond donors (Lipinski definition) is 2. The van der Waals surface area contributed by atoms with Crippen LogP contribution in [0, 0.1) is 0 Å². The predicted octanol–water partition coefficient (Wildman–Crippen LogP) is 2.08. The predicted molar refractivity (Wildman–Crippen MR) is 85.8 cm³/mol. The van der Waals surface area contributed by atoms with Crippen LogP contribution >= 0.6 is 0 Å². The second-order valence-electron chi connectivity index (χ2n) is 5.38. The minimum atomic E-state index is -0.449. The summed E-state index contributed by atoms with van der Waals surface area (Å²) in [6.07, 6.45) is 5.94. The van der Waals surface area contributed by atoms with Gasteiger partial charge in [-0.1, -0.05) is 31.5 Å². The first kappa shape index (κ1) is 16.2. The van der Waals surface area contributed by atoms with Crippen molar-refractivity contribution in [1.29, 1.82) is 0 Å². The number of hydrogen-bond acceptors (Lipinski definition) is 3. The van der Waals surface area contributed by atoms with Gasteiger partial charge in [-0.3, -0.25) is 4.79 Å². The van der Waals surface area contributed by atoms with Gasteiger partial charge in [-0.05, 0) is 30.5 Å². The van der Waals surface area contributed by atoms with Gasteiger partial charge in [-0.2, -0.15) is 5.10 Å². The summed E-state index contributed by atoms with van der Waals surface area (Å²) in [7, 11) is 0. The summed E-state index contributed by atoms with van der Waals surface area (Å²) in [6, 6.07) is 9.86. The molecule has 5 heteroatoms. The van der Waals surface area contributed by atoms with Crippen LogP contribution in [0.1, 0.15) is 31.7 Å². The van der Waals surface area contributed by atoms with Gasteiger partial charge in [0.2, 0.25) is 5.91 Å². The number of rotatable bonds is 8. The first-order chi connectivity index (χ1) is 10.7. The summed E-state index contributed by atoms with van der Waals surface area (Å²) >= 11 is 0. The third-order valence-electron chi connectivity index (χ3n) is 3.45. The third kappa shape index (κ3) is 5.00. The van der Waals surface area contributed by atoms with Crippen molar-refractivity contribution in [3.05, 3.63) is 48.3 Å². The van der Waals surface area contributed by atoms with Crippen LogP contribution < -0.4 is 5.32 Å². The first-order valence-electron chi connectivity index (χ1n) is 7.72. The molecule has 1 aromatic carbocycles. The van der Waals surface area contributed by atoms with Crippen molar-refractivity contribution in [3.8, 4) is 5.69 Å². The Morgan fingerprint density at radius 1 is 1.36 bits per heavy atom. The quantitative estimate of drug-likeness (QED) is 0.784. The second-order valence-corrected chi connectivity index (χ2v) is 5.38. The lowest BCUT2D eigenvalue weighted by Crippen LogP contribution is -2.32. The van der Waals surface area contributed by atoms with Crippen LogP contribution in [0.5, 0.6) is 0 Å². The van der Waals surface area contributed by atoms with Crippen molar-refractivity contribution in [1.82, 2.24) is 15.1 Å². The van der Waals surface area contributed by atoms with Crippen molar-refractivity contribution in [2.45, 2.75) is 38.7 Å². The van der Waals surface area contributed by atoms with E-state index in [1.807, 2.05) is 43.5 Å². The molecule has 1 heterocycles. The molecule has 0 fully saturated rings. The van der Waals surface area contributed by atoms with Gasteiger partial charge in [0.15, 0.2) is 0 Å². The molecule has 0 saturated carbocycles. The summed E-state index contributed by atoms with van der Waals surface area (Å²) in [5.41, 5.74) is 2.02. The molecule has 2 rings (SSSR count). The van der Waals surface area contributed by atoms with E-state index in [4.69, 9.17) is 0 Å². The highest BCUT2D eigenvalue weighted by molar-refractivity contribution is 5.76. The average Bonchev–Trinajstić information content (AvgIpc) is 3.01. The van der Waals surface area contributed by atoms with E-state index in [2.05, 4.69) is 10.4 Å². The van der Waals surface area contributed by atoms with Crippen LogP contribution in [-0.4, -0.2) is 33.4 Å². The van der Waals surface area contributed by atoms with Crippen LogP contribution in [-0.2, 0) is 11.2 Å². The van der Waals surface area contributed by atoms with Crippen molar-refractivity contribution >= 4 is 5.91 Å². The largest absolute Gasteiger partial charge is 0.391 e. The molecular weight excluding hydrogens is 278 g/mol. The molecule has 22 heavy (non-hydrogen) atoms. The van der Waals surface area contributed by atoms with E-state index < -0.39 is 6.10 Å². The molecule has 0 spiro atoms. The Labute approximate surface area is 131 Å². The molecule has 1 atom stereocenters. The molecule has 0 saturated heterocycles. The smallest absolute Gasteiger partial charge is 0.220 e. The molecule has 5 nitrogen and oxygen atoms in total. The minimum absolute atomic E-state index is 0.0392. The molecule has 1 aromatic heterocycles. The molecule has 0 aliphatic rings. The van der Waals surface area contributed by atoms with Crippen molar-refractivity contribution in [2.75, 3.05) is 6.54 Å². The Hall–Kier alpha value is -2.14. The topological polar surface area (TPSA) is 67.2 Å². The summed E-state index contributed by atoms with van der Waals surface area (Å²) in [6.45, 7) is 2.34. The molecular formula is C17H23N3O2. The molecule has 2 N–H and O–H groups in total. The average molecular weight is 301 g/mol. The van der Waals surface area contributed by atoms with E-state index in [0.29, 0.717) is 25.8 Å². The van der Waals surface area contributed by atoms with Gasteiger partial charge in [-0.15, -0.1) is 0 Å². The van der Waals surface area contributed by atoms with Crippen molar-refractivity contribution < 1.29 is 9.90 Å². The highest BCUT2D eigenvalue weighted by Gasteiger charge is 2.07. The lowest BCUT2D eigenvalue weighted by atomic mass is 10.2. The van der Waals surface area contributed by atoms with Gasteiger partial charge in [-0.25, -0.2) is 4.68 Å². The standard InChI is InChI=1S/C17H23N3O2/c1-2-6-16(21)12-18-17(22)10-9-14-11-19-20(13-14)15-7-4-3-5-8-15/h3-5,7-8,11,13,16,21H,2,6,9-10,12H2,1H3,(H,18,22). The van der Waals surface area contributed by atoms with Gasteiger partial charge in [0.05, 0.1) is 18.0 Å². The van der Waals surface area contributed by atoms with Crippen LogP contribution in [0.3, 0.4) is 0 Å². The maximum absolute atomic E-state index is 11.8. The van der Waals surface area contributed by atoms with Crippen molar-refractivity contribution in [2.24, 2.45) is 0 Å². The molecule has 1 amide bonds. The highest BCUT2D eigenvalue weighted by Crippen LogP contribution is 2.09. The van der Waals surface area contributed by atoms with Gasteiger partial charge < -0.3 is 10.4 Å². The zero-order chi connectivity index (χ0) is 15.8. The third-order valence-corrected chi connectivity index (χ3v) is 3.45. The van der Waals surface area contributed by atoms with E-state index in [-0.39, 0.29) is 5.91 Å². The maximum Gasteiger partial charge on any atom is 0.220 e. The number of aryl methyl sites for hydroxylation is 1. The minimum Gasteiger partial charge on any atom is -0.391 e. The fourth-order valence-electron chi connectivity index (χ4n) is 2.22. The number of aliphatic hydroxyl groups excluding tert-OH is 1. The Balaban J connectivity index is 1.78. The normalized spacial score (nSPS) is 12.1. The number of para-hydroxylation sites is 1. The molecule has 2 aromatic rings. The number of aliphatic hydroxyl groups is 1. The van der Waals surface area contributed by atoms with Crippen LogP contribution in [0.15, 0.2) is 42.7 Å². The summed E-state index contributed by atoms with van der Waals surface area (Å²) in [5, 5.41) is 16.7. The van der Waals surface area contributed by atoms with Gasteiger partial charge in [0.25, 0.3) is 0 Å². The van der Waals surface area contributed by atoms with E-state index >= 15 is 0 Å². The van der Waals surface area contributed by atoms with E-state index in [1.54, 1.807) is 10.9 Å². The Morgan fingerprint density at radius 2 is 2.14 bits per heavy atom. The van der Waals surface area contributed by atoms with Gasteiger partial charge in [0.1, 0.15) is 0 Å². The Kier molecular flexibility index (Phi) is 6.15. The number of nitrogens with zero attached hydrogens (tertiary/aromatic N) is 2. The summed E-state index contributed by atoms with van der Waals surface area (Å²) < 4.78 is 1.80. The molecule has 1 unspecified atom stereocenters. The Bertz CT molecular complexity index is 581. The number of benzene rings is 1. The SMILES string of the molecule is CCCC(O)CNC(=O)CCc1cnn(-c2ccccc2)c1. The number of aromatic nitrogens is 2. The number of carbonyl (C=O) groups is 1. The van der Waals surface area contributed by atoms with Gasteiger partial charge >= 0.3 is 0 Å². The second kappa shape index (κ2) is 8.34. The molecule has 0 bridgehead atoms. The van der Waals surface area contributed by atoms with Crippen LogP contribution in [0.2, 0.25) is 0 Å². The van der Waals surface area contributed by atoms with Gasteiger partial charge in [0, 0.05) is 19.2 Å². The van der Waals surface area contributed by atoms with Crippen LogP contribution in [0.4, 0.5) is 0 Å². The number of amides is 1. The number of nitrogens with one attached hydrogen (secondary N) is 1.